The second kappa shape index (κ2) is 10.0. The summed E-state index contributed by atoms with van der Waals surface area (Å²) in [5.74, 6) is 0. The van der Waals surface area contributed by atoms with Gasteiger partial charge < -0.3 is 10.6 Å². The van der Waals surface area contributed by atoms with Gasteiger partial charge in [-0.15, -0.1) is 0 Å². The summed E-state index contributed by atoms with van der Waals surface area (Å²) in [5.41, 5.74) is 0.794. The summed E-state index contributed by atoms with van der Waals surface area (Å²) in [6.07, 6.45) is -2.79. The van der Waals surface area contributed by atoms with Gasteiger partial charge in [-0.25, -0.2) is 4.79 Å². The molecule has 0 aliphatic rings. The van der Waals surface area contributed by atoms with E-state index in [1.165, 1.54) is 6.07 Å². The van der Waals surface area contributed by atoms with E-state index in [0.29, 0.717) is 11.4 Å². The topological polar surface area (TPSA) is 54.0 Å². The number of pyridine rings is 1. The van der Waals surface area contributed by atoms with E-state index < -0.39 is 23.3 Å². The minimum atomic E-state index is -4.54. The third kappa shape index (κ3) is 5.51. The Morgan fingerprint density at radius 1 is 0.829 bits per heavy atom. The number of hydrogen-bond acceptors (Lipinski definition) is 2. The third-order valence-corrected chi connectivity index (χ3v) is 5.82. The van der Waals surface area contributed by atoms with E-state index in [9.17, 15) is 18.0 Å². The van der Waals surface area contributed by atoms with Gasteiger partial charge in [-0.3, -0.25) is 4.98 Å². The average molecular weight is 476 g/mol. The van der Waals surface area contributed by atoms with E-state index in [0.717, 1.165) is 23.3 Å². The Morgan fingerprint density at radius 2 is 1.51 bits per heavy atom. The first-order valence-corrected chi connectivity index (χ1v) is 11.1. The number of halogens is 3. The van der Waals surface area contributed by atoms with Crippen molar-refractivity contribution in [2.75, 3.05) is 5.32 Å². The lowest BCUT2D eigenvalue weighted by atomic mass is 9.80. The minimum Gasteiger partial charge on any atom is -0.322 e. The van der Waals surface area contributed by atoms with Crippen molar-refractivity contribution in [3.05, 3.63) is 131 Å². The predicted molar refractivity (Wildman–Crippen MR) is 130 cm³/mol. The quantitative estimate of drug-likeness (QED) is 0.325. The Kier molecular flexibility index (Phi) is 6.87. The highest BCUT2D eigenvalue weighted by Gasteiger charge is 2.40. The number of benzene rings is 3. The van der Waals surface area contributed by atoms with Gasteiger partial charge in [-0.05, 0) is 53.9 Å². The molecule has 1 unspecified atom stereocenters. The fourth-order valence-corrected chi connectivity index (χ4v) is 4.06. The zero-order chi connectivity index (χ0) is 24.9. The molecule has 0 spiro atoms. The molecule has 0 fully saturated rings. The standard InChI is InChI=1S/C28H24F3N3O/c1-20-10-5-6-15-24(20)33-26(35)34-27(25-16-7-8-17-32-25,19-21-11-3-2-4-12-21)22-13-9-14-23(18-22)28(29,30)31/h2-18H,19H2,1H3,(H2,33,34,35). The molecule has 1 atom stereocenters. The minimum absolute atomic E-state index is 0.188. The molecule has 0 aliphatic carbocycles. The van der Waals surface area contributed by atoms with Gasteiger partial charge in [-0.2, -0.15) is 13.2 Å². The van der Waals surface area contributed by atoms with Gasteiger partial charge in [0.15, 0.2) is 0 Å². The molecule has 0 radical (unpaired) electrons. The number of urea groups is 1. The van der Waals surface area contributed by atoms with Gasteiger partial charge >= 0.3 is 12.2 Å². The van der Waals surface area contributed by atoms with Crippen molar-refractivity contribution in [1.29, 1.82) is 0 Å². The van der Waals surface area contributed by atoms with E-state index in [2.05, 4.69) is 15.6 Å². The molecule has 2 N–H and O–H groups in total. The molecule has 7 heteroatoms. The van der Waals surface area contributed by atoms with E-state index >= 15 is 0 Å². The van der Waals surface area contributed by atoms with Crippen molar-refractivity contribution in [2.24, 2.45) is 0 Å². The summed E-state index contributed by atoms with van der Waals surface area (Å²) in [7, 11) is 0. The predicted octanol–water partition coefficient (Wildman–Crippen LogP) is 6.72. The number of carbonyl (C=O) groups excluding carboxylic acids is 1. The molecule has 4 aromatic rings. The van der Waals surface area contributed by atoms with Gasteiger partial charge in [0.2, 0.25) is 0 Å². The molecule has 4 nitrogen and oxygen atoms in total. The van der Waals surface area contributed by atoms with Crippen LogP contribution in [0.5, 0.6) is 0 Å². The third-order valence-electron chi connectivity index (χ3n) is 5.82. The summed E-state index contributed by atoms with van der Waals surface area (Å²) in [5, 5.41) is 5.82. The number of alkyl halides is 3. The van der Waals surface area contributed by atoms with Crippen molar-refractivity contribution < 1.29 is 18.0 Å². The zero-order valence-electron chi connectivity index (χ0n) is 19.0. The number of hydrogen-bond donors (Lipinski definition) is 2. The normalized spacial score (nSPS) is 13.0. The van der Waals surface area contributed by atoms with Gasteiger partial charge in [0, 0.05) is 18.3 Å². The number of nitrogens with zero attached hydrogens (tertiary/aromatic N) is 1. The van der Waals surface area contributed by atoms with Gasteiger partial charge in [0.05, 0.1) is 11.3 Å². The largest absolute Gasteiger partial charge is 0.416 e. The van der Waals surface area contributed by atoms with Gasteiger partial charge in [0.1, 0.15) is 5.54 Å². The SMILES string of the molecule is Cc1ccccc1NC(=O)NC(Cc1ccccc1)(c1cccc(C(F)(F)F)c1)c1ccccn1. The molecule has 2 amide bonds. The van der Waals surface area contributed by atoms with Crippen LogP contribution in [0.25, 0.3) is 0 Å². The molecular weight excluding hydrogens is 451 g/mol. The van der Waals surface area contributed by atoms with Crippen LogP contribution in [0.15, 0.2) is 103 Å². The van der Waals surface area contributed by atoms with Crippen LogP contribution in [0, 0.1) is 6.92 Å². The maximum Gasteiger partial charge on any atom is 0.416 e. The fourth-order valence-electron chi connectivity index (χ4n) is 4.06. The first-order valence-electron chi connectivity index (χ1n) is 11.1. The van der Waals surface area contributed by atoms with Crippen LogP contribution in [-0.4, -0.2) is 11.0 Å². The monoisotopic (exact) mass is 475 g/mol. The fraction of sp³-hybridized carbons (Fsp3) is 0.143. The summed E-state index contributed by atoms with van der Waals surface area (Å²) in [6, 6.07) is 26.2. The van der Waals surface area contributed by atoms with Crippen LogP contribution in [0.4, 0.5) is 23.7 Å². The van der Waals surface area contributed by atoms with Crippen LogP contribution < -0.4 is 10.6 Å². The average Bonchev–Trinajstić information content (AvgIpc) is 2.86. The van der Waals surface area contributed by atoms with Crippen molar-refractivity contribution in [3.8, 4) is 0 Å². The molecule has 0 bridgehead atoms. The Morgan fingerprint density at radius 3 is 2.20 bits per heavy atom. The second-order valence-corrected chi connectivity index (χ2v) is 8.26. The van der Waals surface area contributed by atoms with Crippen molar-refractivity contribution in [2.45, 2.75) is 25.1 Å². The van der Waals surface area contributed by atoms with E-state index in [4.69, 9.17) is 0 Å². The molecule has 4 rings (SSSR count). The molecule has 0 aliphatic heterocycles. The number of nitrogens with one attached hydrogen (secondary N) is 2. The second-order valence-electron chi connectivity index (χ2n) is 8.26. The van der Waals surface area contributed by atoms with Crippen LogP contribution >= 0.6 is 0 Å². The van der Waals surface area contributed by atoms with E-state index in [1.807, 2.05) is 49.4 Å². The summed E-state index contributed by atoms with van der Waals surface area (Å²) in [4.78, 5) is 17.8. The first-order chi connectivity index (χ1) is 16.8. The smallest absolute Gasteiger partial charge is 0.322 e. The highest BCUT2D eigenvalue weighted by molar-refractivity contribution is 5.91. The van der Waals surface area contributed by atoms with Crippen LogP contribution in [0.3, 0.4) is 0 Å². The molecule has 178 valence electrons. The number of para-hydroxylation sites is 1. The van der Waals surface area contributed by atoms with E-state index in [-0.39, 0.29) is 12.0 Å². The number of aryl methyl sites for hydroxylation is 1. The summed E-state index contributed by atoms with van der Waals surface area (Å²) in [6.45, 7) is 1.86. The lowest BCUT2D eigenvalue weighted by molar-refractivity contribution is -0.137. The number of aromatic nitrogens is 1. The Bertz CT molecular complexity index is 1290. The van der Waals surface area contributed by atoms with Crippen LogP contribution in [0.2, 0.25) is 0 Å². The maximum atomic E-state index is 13.7. The molecule has 1 aromatic heterocycles. The van der Waals surface area contributed by atoms with Crippen LogP contribution in [0.1, 0.15) is 27.9 Å². The molecule has 0 saturated heterocycles. The zero-order valence-corrected chi connectivity index (χ0v) is 19.0. The highest BCUT2D eigenvalue weighted by Crippen LogP contribution is 2.37. The van der Waals surface area contributed by atoms with Crippen molar-refractivity contribution in [3.63, 3.8) is 0 Å². The van der Waals surface area contributed by atoms with Crippen molar-refractivity contribution >= 4 is 11.7 Å². The molecule has 3 aromatic carbocycles. The Hall–Kier alpha value is -4.13. The molecular formula is C28H24F3N3O. The summed E-state index contributed by atoms with van der Waals surface area (Å²) < 4.78 is 41.0. The molecule has 1 heterocycles. The first kappa shape index (κ1) is 24.0. The summed E-state index contributed by atoms with van der Waals surface area (Å²) >= 11 is 0. The van der Waals surface area contributed by atoms with E-state index in [1.54, 1.807) is 42.6 Å². The number of carbonyl (C=O) groups is 1. The number of amides is 2. The maximum absolute atomic E-state index is 13.7. The Labute approximate surface area is 201 Å². The Balaban J connectivity index is 1.86. The van der Waals surface area contributed by atoms with Gasteiger partial charge in [-0.1, -0.05) is 66.7 Å². The van der Waals surface area contributed by atoms with Crippen LogP contribution in [-0.2, 0) is 18.1 Å². The van der Waals surface area contributed by atoms with Crippen molar-refractivity contribution in [1.82, 2.24) is 10.3 Å². The number of anilines is 1. The lowest BCUT2D eigenvalue weighted by Gasteiger charge is -2.36. The highest BCUT2D eigenvalue weighted by atomic mass is 19.4. The molecule has 35 heavy (non-hydrogen) atoms. The molecule has 0 saturated carbocycles. The lowest BCUT2D eigenvalue weighted by Crippen LogP contribution is -2.50. The van der Waals surface area contributed by atoms with Gasteiger partial charge in [0.25, 0.3) is 0 Å². The number of rotatable bonds is 6.